The molecule has 4 aliphatic carbocycles. The van der Waals surface area contributed by atoms with Gasteiger partial charge in [0.15, 0.2) is 10.9 Å². The topological polar surface area (TPSA) is 84.2 Å². The maximum absolute atomic E-state index is 12.9. The van der Waals surface area contributed by atoms with Gasteiger partial charge in [-0.25, -0.2) is 4.98 Å². The molecular formula is C23H29N3O3S. The normalized spacial score (nSPS) is 30.4. The quantitative estimate of drug-likeness (QED) is 0.706. The second-order valence-electron chi connectivity index (χ2n) is 9.90. The van der Waals surface area contributed by atoms with Gasteiger partial charge in [0.05, 0.1) is 12.0 Å². The van der Waals surface area contributed by atoms with Crippen LogP contribution < -0.4 is 10.6 Å². The van der Waals surface area contributed by atoms with E-state index in [1.165, 1.54) is 61.8 Å². The van der Waals surface area contributed by atoms with Crippen LogP contribution in [0, 0.1) is 23.7 Å². The molecular weight excluding hydrogens is 398 g/mol. The van der Waals surface area contributed by atoms with Crippen molar-refractivity contribution in [1.29, 1.82) is 0 Å². The van der Waals surface area contributed by atoms with E-state index in [1.54, 1.807) is 12.1 Å². The minimum atomic E-state index is -0.658. The van der Waals surface area contributed by atoms with Crippen LogP contribution >= 0.6 is 11.3 Å². The van der Waals surface area contributed by atoms with Crippen LogP contribution in [0.1, 0.15) is 68.6 Å². The van der Waals surface area contributed by atoms with E-state index in [4.69, 9.17) is 9.40 Å². The zero-order chi connectivity index (χ0) is 20.9. The van der Waals surface area contributed by atoms with Gasteiger partial charge in [-0.05, 0) is 74.3 Å². The number of thiazole rings is 1. The smallest absolute Gasteiger partial charge is 0.287 e. The van der Waals surface area contributed by atoms with E-state index in [0.717, 1.165) is 17.8 Å². The lowest BCUT2D eigenvalue weighted by molar-refractivity contribution is -0.118. The second kappa shape index (κ2) is 7.52. The zero-order valence-corrected chi connectivity index (χ0v) is 18.3. The van der Waals surface area contributed by atoms with Crippen LogP contribution in [0.4, 0.5) is 5.13 Å². The number of hydrogen-bond donors (Lipinski definition) is 2. The molecule has 2 N–H and O–H groups in total. The molecule has 4 fully saturated rings. The number of aromatic nitrogens is 1. The number of anilines is 1. The van der Waals surface area contributed by atoms with Gasteiger partial charge in [-0.1, -0.05) is 13.8 Å². The Balaban J connectivity index is 1.28. The van der Waals surface area contributed by atoms with E-state index in [-0.39, 0.29) is 28.9 Å². The van der Waals surface area contributed by atoms with Crippen LogP contribution in [0.15, 0.2) is 28.2 Å². The molecule has 6 rings (SSSR count). The highest BCUT2D eigenvalue weighted by Gasteiger charge is 2.52. The number of hydrogen-bond acceptors (Lipinski definition) is 5. The summed E-state index contributed by atoms with van der Waals surface area (Å²) in [6.45, 7) is 3.82. The molecule has 30 heavy (non-hydrogen) atoms. The molecule has 4 aliphatic rings. The average molecular weight is 428 g/mol. The Morgan fingerprint density at radius 1 is 1.17 bits per heavy atom. The number of amides is 2. The molecule has 160 valence electrons. The molecule has 2 aromatic heterocycles. The van der Waals surface area contributed by atoms with Gasteiger partial charge in [0.1, 0.15) is 6.04 Å². The fourth-order valence-electron chi connectivity index (χ4n) is 6.34. The highest BCUT2D eigenvalue weighted by Crippen LogP contribution is 2.60. The van der Waals surface area contributed by atoms with Gasteiger partial charge in [0, 0.05) is 10.8 Å². The summed E-state index contributed by atoms with van der Waals surface area (Å²) in [5, 5.41) is 8.51. The molecule has 1 atom stereocenters. The Morgan fingerprint density at radius 2 is 1.83 bits per heavy atom. The highest BCUT2D eigenvalue weighted by molar-refractivity contribution is 7.14. The number of carbonyl (C=O) groups is 2. The van der Waals surface area contributed by atoms with Crippen molar-refractivity contribution in [3.05, 3.63) is 35.2 Å². The fourth-order valence-corrected chi connectivity index (χ4v) is 7.17. The summed E-state index contributed by atoms with van der Waals surface area (Å²) in [6.07, 6.45) is 9.41. The Bertz CT molecular complexity index is 898. The van der Waals surface area contributed by atoms with Crippen LogP contribution in [0.25, 0.3) is 0 Å². The largest absolute Gasteiger partial charge is 0.459 e. The predicted octanol–water partition coefficient (Wildman–Crippen LogP) is 4.60. The molecule has 0 aliphatic heterocycles. The summed E-state index contributed by atoms with van der Waals surface area (Å²) >= 11 is 1.50. The van der Waals surface area contributed by atoms with Crippen molar-refractivity contribution in [2.45, 2.75) is 63.8 Å². The molecule has 4 bridgehead atoms. The van der Waals surface area contributed by atoms with Crippen LogP contribution in [0.2, 0.25) is 0 Å². The summed E-state index contributed by atoms with van der Waals surface area (Å²) in [6, 6.07) is 2.58. The van der Waals surface area contributed by atoms with Crippen LogP contribution in [-0.2, 0) is 10.2 Å². The molecule has 0 radical (unpaired) electrons. The van der Waals surface area contributed by atoms with E-state index >= 15 is 0 Å². The molecule has 4 saturated carbocycles. The molecule has 0 unspecified atom stereocenters. The third kappa shape index (κ3) is 3.57. The molecule has 6 nitrogen and oxygen atoms in total. The molecule has 7 heteroatoms. The molecule has 0 spiro atoms. The lowest BCUT2D eigenvalue weighted by Crippen LogP contribution is -2.48. The van der Waals surface area contributed by atoms with Crippen molar-refractivity contribution in [3.63, 3.8) is 0 Å². The molecule has 2 heterocycles. The number of nitrogens with zero attached hydrogens (tertiary/aromatic N) is 1. The Morgan fingerprint density at radius 3 is 2.40 bits per heavy atom. The van der Waals surface area contributed by atoms with E-state index in [9.17, 15) is 9.59 Å². The van der Waals surface area contributed by atoms with Crippen molar-refractivity contribution in [2.24, 2.45) is 23.7 Å². The summed E-state index contributed by atoms with van der Waals surface area (Å²) in [5.74, 6) is 2.09. The first-order valence-electron chi connectivity index (χ1n) is 11.0. The van der Waals surface area contributed by atoms with Gasteiger partial charge in [-0.2, -0.15) is 0 Å². The second-order valence-corrected chi connectivity index (χ2v) is 10.8. The summed E-state index contributed by atoms with van der Waals surface area (Å²) in [5.41, 5.74) is 1.39. The van der Waals surface area contributed by atoms with Crippen molar-refractivity contribution >= 4 is 28.3 Å². The summed E-state index contributed by atoms with van der Waals surface area (Å²) in [7, 11) is 0. The average Bonchev–Trinajstić information content (AvgIpc) is 3.37. The summed E-state index contributed by atoms with van der Waals surface area (Å²) in [4.78, 5) is 30.1. The van der Waals surface area contributed by atoms with E-state index < -0.39 is 6.04 Å². The monoisotopic (exact) mass is 427 g/mol. The van der Waals surface area contributed by atoms with E-state index in [1.807, 2.05) is 13.8 Å². The van der Waals surface area contributed by atoms with Crippen molar-refractivity contribution in [3.8, 4) is 0 Å². The van der Waals surface area contributed by atoms with Crippen LogP contribution in [0.3, 0.4) is 0 Å². The van der Waals surface area contributed by atoms with Gasteiger partial charge in [-0.3, -0.25) is 9.59 Å². The SMILES string of the molecule is CC(C)[C@H](NC(=O)c1ccco1)C(=O)Nc1nc(C23CC4CC(CC(C4)C2)C3)cs1. The lowest BCUT2D eigenvalue weighted by Gasteiger charge is -2.56. The third-order valence-corrected chi connectivity index (χ3v) is 8.05. The number of furan rings is 1. The Kier molecular flexibility index (Phi) is 4.96. The van der Waals surface area contributed by atoms with Crippen LogP contribution in [0.5, 0.6) is 0 Å². The first kappa shape index (κ1) is 19.8. The maximum atomic E-state index is 12.9. The van der Waals surface area contributed by atoms with Gasteiger partial charge in [-0.15, -0.1) is 11.3 Å². The van der Waals surface area contributed by atoms with Crippen LogP contribution in [-0.4, -0.2) is 22.8 Å². The third-order valence-electron chi connectivity index (χ3n) is 7.30. The summed E-state index contributed by atoms with van der Waals surface area (Å²) < 4.78 is 5.14. The van der Waals surface area contributed by atoms with Gasteiger partial charge in [0.25, 0.3) is 5.91 Å². The molecule has 0 aromatic carbocycles. The van der Waals surface area contributed by atoms with E-state index in [0.29, 0.717) is 5.13 Å². The van der Waals surface area contributed by atoms with Crippen molar-refractivity contribution < 1.29 is 14.0 Å². The van der Waals surface area contributed by atoms with Crippen molar-refractivity contribution in [1.82, 2.24) is 10.3 Å². The first-order valence-corrected chi connectivity index (χ1v) is 11.9. The Labute approximate surface area is 180 Å². The number of rotatable bonds is 6. The lowest BCUT2D eigenvalue weighted by atomic mass is 9.49. The minimum absolute atomic E-state index is 0.0634. The minimum Gasteiger partial charge on any atom is -0.459 e. The van der Waals surface area contributed by atoms with E-state index in [2.05, 4.69) is 16.0 Å². The van der Waals surface area contributed by atoms with Gasteiger partial charge in [0.2, 0.25) is 5.91 Å². The maximum Gasteiger partial charge on any atom is 0.287 e. The van der Waals surface area contributed by atoms with Crippen molar-refractivity contribution in [2.75, 3.05) is 5.32 Å². The Hall–Kier alpha value is -2.15. The van der Waals surface area contributed by atoms with Gasteiger partial charge < -0.3 is 15.1 Å². The molecule has 2 aromatic rings. The number of carbonyl (C=O) groups excluding carboxylic acids is 2. The molecule has 0 saturated heterocycles. The number of nitrogens with one attached hydrogen (secondary N) is 2. The molecule has 2 amide bonds. The van der Waals surface area contributed by atoms with Gasteiger partial charge >= 0.3 is 0 Å². The highest BCUT2D eigenvalue weighted by atomic mass is 32.1. The first-order chi connectivity index (χ1) is 14.4. The fraction of sp³-hybridized carbons (Fsp3) is 0.609. The predicted molar refractivity (Wildman–Crippen MR) is 115 cm³/mol. The zero-order valence-electron chi connectivity index (χ0n) is 17.5. The standard InChI is InChI=1S/C23H29N3O3S/c1-13(2)19(25-20(27)17-4-3-5-29-17)21(28)26-22-24-18(12-30-22)23-9-14-6-15(10-23)8-16(7-14)11-23/h3-5,12-16,19H,6-11H2,1-2H3,(H,25,27)(H,24,26,28)/t14?,15?,16?,19-,23?/m0/s1.